The summed E-state index contributed by atoms with van der Waals surface area (Å²) in [7, 11) is 1.84. The summed E-state index contributed by atoms with van der Waals surface area (Å²) in [5.41, 5.74) is 4.84. The van der Waals surface area contributed by atoms with Crippen LogP contribution >= 0.6 is 11.6 Å². The van der Waals surface area contributed by atoms with Crippen LogP contribution in [0.15, 0.2) is 36.7 Å². The molecule has 0 atom stereocenters. The fourth-order valence-electron chi connectivity index (χ4n) is 2.99. The Morgan fingerprint density at radius 2 is 2.14 bits per heavy atom. The number of nitrogens with zero attached hydrogens (tertiary/aromatic N) is 2. The van der Waals surface area contributed by atoms with Gasteiger partial charge in [0, 0.05) is 42.5 Å². The molecule has 0 unspecified atom stereocenters. The second kappa shape index (κ2) is 4.85. The average Bonchev–Trinajstić information content (AvgIpc) is 2.93. The molecule has 1 N–H and O–H groups in total. The molecule has 4 rings (SSSR count). The first-order valence-corrected chi connectivity index (χ1v) is 7.52. The number of pyridine rings is 1. The summed E-state index contributed by atoms with van der Waals surface area (Å²) >= 11 is 6.06. The van der Waals surface area contributed by atoms with Gasteiger partial charge >= 0.3 is 0 Å². The van der Waals surface area contributed by atoms with Gasteiger partial charge in [0.1, 0.15) is 5.65 Å². The van der Waals surface area contributed by atoms with E-state index in [0.29, 0.717) is 5.02 Å². The highest BCUT2D eigenvalue weighted by molar-refractivity contribution is 6.31. The molecule has 0 aliphatic carbocycles. The van der Waals surface area contributed by atoms with Gasteiger partial charge in [-0.1, -0.05) is 23.7 Å². The molecular weight excluding hydrogens is 298 g/mol. The number of carbonyl (C=O) groups is 1. The van der Waals surface area contributed by atoms with Crippen LogP contribution in [0.2, 0.25) is 5.02 Å². The van der Waals surface area contributed by atoms with Gasteiger partial charge < -0.3 is 9.88 Å². The molecule has 3 aromatic rings. The second-order valence-electron chi connectivity index (χ2n) is 5.60. The van der Waals surface area contributed by atoms with E-state index in [2.05, 4.69) is 16.0 Å². The number of rotatable bonds is 1. The Labute approximate surface area is 132 Å². The Kier molecular flexibility index (Phi) is 2.94. The molecule has 5 heteroatoms. The lowest BCUT2D eigenvalue weighted by molar-refractivity contribution is 0.0781. The molecule has 0 radical (unpaired) electrons. The molecule has 0 bridgehead atoms. The minimum Gasteiger partial charge on any atom is -0.346 e. The molecule has 4 nitrogen and oxygen atoms in total. The third-order valence-electron chi connectivity index (χ3n) is 4.21. The van der Waals surface area contributed by atoms with Crippen molar-refractivity contribution in [2.45, 2.75) is 6.42 Å². The van der Waals surface area contributed by atoms with Crippen molar-refractivity contribution in [3.05, 3.63) is 52.8 Å². The van der Waals surface area contributed by atoms with E-state index in [1.54, 1.807) is 11.1 Å². The molecule has 1 amide bonds. The van der Waals surface area contributed by atoms with E-state index in [1.807, 2.05) is 31.4 Å². The second-order valence-corrected chi connectivity index (χ2v) is 6.04. The predicted molar refractivity (Wildman–Crippen MR) is 87.2 cm³/mol. The number of hydrogen-bond donors (Lipinski definition) is 1. The van der Waals surface area contributed by atoms with E-state index in [1.165, 1.54) is 0 Å². The van der Waals surface area contributed by atoms with E-state index in [0.717, 1.165) is 46.3 Å². The van der Waals surface area contributed by atoms with Crippen molar-refractivity contribution in [2.24, 2.45) is 0 Å². The van der Waals surface area contributed by atoms with Gasteiger partial charge in [-0.3, -0.25) is 4.79 Å². The van der Waals surface area contributed by atoms with Crippen LogP contribution in [0, 0.1) is 0 Å². The van der Waals surface area contributed by atoms with Crippen LogP contribution in [-0.2, 0) is 6.42 Å². The molecule has 0 spiro atoms. The van der Waals surface area contributed by atoms with Crippen LogP contribution in [0.4, 0.5) is 0 Å². The number of nitrogens with one attached hydrogen (secondary N) is 1. The van der Waals surface area contributed by atoms with Gasteiger partial charge in [-0.2, -0.15) is 0 Å². The van der Waals surface area contributed by atoms with Crippen LogP contribution < -0.4 is 0 Å². The topological polar surface area (TPSA) is 49.0 Å². The molecular formula is C17H14ClN3O. The van der Waals surface area contributed by atoms with Crippen LogP contribution in [0.1, 0.15) is 15.9 Å². The first-order chi connectivity index (χ1) is 10.6. The van der Waals surface area contributed by atoms with Gasteiger partial charge in [0.25, 0.3) is 5.91 Å². The Hall–Kier alpha value is -2.33. The summed E-state index contributed by atoms with van der Waals surface area (Å²) in [5, 5.41) is 1.61. The van der Waals surface area contributed by atoms with Gasteiger partial charge in [-0.25, -0.2) is 4.98 Å². The lowest BCUT2D eigenvalue weighted by atomic mass is 9.94. The number of amides is 1. The summed E-state index contributed by atoms with van der Waals surface area (Å²) in [4.78, 5) is 21.4. The number of benzene rings is 1. The molecule has 1 aromatic carbocycles. The SMILES string of the molecule is CN1CCc2cc(-c3c[nH]c4ncc(Cl)cc34)ccc2C1=O. The van der Waals surface area contributed by atoms with Crippen molar-refractivity contribution in [3.63, 3.8) is 0 Å². The van der Waals surface area contributed by atoms with Crippen molar-refractivity contribution in [1.82, 2.24) is 14.9 Å². The standard InChI is InChI=1S/C17H14ClN3O/c1-21-5-4-11-6-10(2-3-13(11)17(21)22)15-9-20-16-14(15)7-12(18)8-19-16/h2-3,6-9H,4-5H2,1H3,(H,19,20). The molecule has 3 heterocycles. The van der Waals surface area contributed by atoms with E-state index < -0.39 is 0 Å². The quantitative estimate of drug-likeness (QED) is 0.747. The van der Waals surface area contributed by atoms with Crippen molar-refractivity contribution in [3.8, 4) is 11.1 Å². The number of carbonyl (C=O) groups excluding carboxylic acids is 1. The number of H-pyrrole nitrogens is 1. The number of aromatic amines is 1. The third kappa shape index (κ3) is 1.99. The van der Waals surface area contributed by atoms with Crippen LogP contribution in [0.25, 0.3) is 22.2 Å². The lowest BCUT2D eigenvalue weighted by Gasteiger charge is -2.25. The van der Waals surface area contributed by atoms with Gasteiger partial charge in [0.2, 0.25) is 0 Å². The highest BCUT2D eigenvalue weighted by Gasteiger charge is 2.22. The number of halogens is 1. The van der Waals surface area contributed by atoms with E-state index in [-0.39, 0.29) is 5.91 Å². The normalized spacial score (nSPS) is 14.5. The van der Waals surface area contributed by atoms with E-state index >= 15 is 0 Å². The van der Waals surface area contributed by atoms with Gasteiger partial charge in [0.05, 0.1) is 5.02 Å². The molecule has 0 saturated heterocycles. The maximum Gasteiger partial charge on any atom is 0.253 e. The molecule has 0 fully saturated rings. The predicted octanol–water partition coefficient (Wildman–Crippen LogP) is 3.51. The highest BCUT2D eigenvalue weighted by atomic mass is 35.5. The Morgan fingerprint density at radius 1 is 1.27 bits per heavy atom. The molecule has 110 valence electrons. The van der Waals surface area contributed by atoms with E-state index in [4.69, 9.17) is 11.6 Å². The molecule has 2 aromatic heterocycles. The maximum atomic E-state index is 12.2. The Morgan fingerprint density at radius 3 is 3.00 bits per heavy atom. The number of likely N-dealkylation sites (N-methyl/N-ethyl adjacent to an activating group) is 1. The fraction of sp³-hybridized carbons (Fsp3) is 0.176. The zero-order valence-electron chi connectivity index (χ0n) is 12.1. The zero-order chi connectivity index (χ0) is 15.3. The zero-order valence-corrected chi connectivity index (χ0v) is 12.8. The minimum atomic E-state index is 0.0939. The Bertz CT molecular complexity index is 900. The van der Waals surface area contributed by atoms with Crippen molar-refractivity contribution < 1.29 is 4.79 Å². The molecule has 1 aliphatic heterocycles. The van der Waals surface area contributed by atoms with Crippen LogP contribution in [0.5, 0.6) is 0 Å². The largest absolute Gasteiger partial charge is 0.346 e. The molecule has 22 heavy (non-hydrogen) atoms. The van der Waals surface area contributed by atoms with Gasteiger partial charge in [0.15, 0.2) is 0 Å². The number of aromatic nitrogens is 2. The van der Waals surface area contributed by atoms with Crippen molar-refractivity contribution in [1.29, 1.82) is 0 Å². The average molecular weight is 312 g/mol. The molecule has 0 saturated carbocycles. The van der Waals surface area contributed by atoms with Crippen molar-refractivity contribution >= 4 is 28.5 Å². The van der Waals surface area contributed by atoms with Crippen LogP contribution in [0.3, 0.4) is 0 Å². The summed E-state index contributed by atoms with van der Waals surface area (Å²) in [6.07, 6.45) is 4.45. The lowest BCUT2D eigenvalue weighted by Crippen LogP contribution is -2.34. The Balaban J connectivity index is 1.86. The number of hydrogen-bond acceptors (Lipinski definition) is 2. The highest BCUT2D eigenvalue weighted by Crippen LogP contribution is 2.31. The first-order valence-electron chi connectivity index (χ1n) is 7.15. The third-order valence-corrected chi connectivity index (χ3v) is 4.41. The minimum absolute atomic E-state index is 0.0939. The summed E-state index contributed by atoms with van der Waals surface area (Å²) in [5.74, 6) is 0.0939. The fourth-order valence-corrected chi connectivity index (χ4v) is 3.15. The first kappa shape index (κ1) is 13.3. The molecule has 1 aliphatic rings. The van der Waals surface area contributed by atoms with Gasteiger partial charge in [-0.05, 0) is 29.7 Å². The van der Waals surface area contributed by atoms with Crippen LogP contribution in [-0.4, -0.2) is 34.4 Å². The van der Waals surface area contributed by atoms with Crippen molar-refractivity contribution in [2.75, 3.05) is 13.6 Å². The summed E-state index contributed by atoms with van der Waals surface area (Å²) < 4.78 is 0. The monoisotopic (exact) mass is 311 g/mol. The van der Waals surface area contributed by atoms with E-state index in [9.17, 15) is 4.79 Å². The number of fused-ring (bicyclic) bond motifs is 2. The maximum absolute atomic E-state index is 12.2. The summed E-state index contributed by atoms with van der Waals surface area (Å²) in [6, 6.07) is 7.91. The summed E-state index contributed by atoms with van der Waals surface area (Å²) in [6.45, 7) is 0.760. The van der Waals surface area contributed by atoms with Gasteiger partial charge in [-0.15, -0.1) is 0 Å². The smallest absolute Gasteiger partial charge is 0.253 e.